The van der Waals surface area contributed by atoms with E-state index in [9.17, 15) is 4.79 Å². The van der Waals surface area contributed by atoms with Crippen molar-refractivity contribution in [3.05, 3.63) is 0 Å². The molecule has 14 heavy (non-hydrogen) atoms. The van der Waals surface area contributed by atoms with Gasteiger partial charge >= 0.3 is 5.97 Å². The quantitative estimate of drug-likeness (QED) is 0.704. The van der Waals surface area contributed by atoms with Crippen LogP contribution < -0.4 is 0 Å². The van der Waals surface area contributed by atoms with Crippen molar-refractivity contribution < 1.29 is 14.6 Å². The highest BCUT2D eigenvalue weighted by molar-refractivity contribution is 5.72. The molecule has 1 N–H and O–H groups in total. The highest BCUT2D eigenvalue weighted by Gasteiger charge is 2.31. The number of aliphatic hydroxyl groups is 1. The second kappa shape index (κ2) is 5.35. The van der Waals surface area contributed by atoms with Gasteiger partial charge in [-0.2, -0.15) is 0 Å². The molecule has 0 aromatic carbocycles. The molecule has 0 aliphatic heterocycles. The van der Waals surface area contributed by atoms with Crippen LogP contribution in [-0.2, 0) is 9.53 Å². The standard InChI is InChI=1S/C11H20O3/c1-8-3-5-9(6-4-8)10(7-12)11(13)14-2/h8-10,12H,3-7H2,1-2H3. The third-order valence-electron chi connectivity index (χ3n) is 3.33. The van der Waals surface area contributed by atoms with Crippen LogP contribution in [0, 0.1) is 17.8 Å². The molecule has 0 bridgehead atoms. The Hall–Kier alpha value is -0.570. The number of ether oxygens (including phenoxy) is 1. The molecular weight excluding hydrogens is 180 g/mol. The van der Waals surface area contributed by atoms with Crippen molar-refractivity contribution in [1.29, 1.82) is 0 Å². The van der Waals surface area contributed by atoms with Gasteiger partial charge in [0.15, 0.2) is 0 Å². The predicted molar refractivity (Wildman–Crippen MR) is 53.7 cm³/mol. The summed E-state index contributed by atoms with van der Waals surface area (Å²) in [6.45, 7) is 2.16. The monoisotopic (exact) mass is 200 g/mol. The first-order valence-corrected chi connectivity index (χ1v) is 5.37. The van der Waals surface area contributed by atoms with E-state index >= 15 is 0 Å². The maximum Gasteiger partial charge on any atom is 0.311 e. The second-order valence-corrected chi connectivity index (χ2v) is 4.33. The molecule has 1 unspecified atom stereocenters. The number of carbonyl (C=O) groups excluding carboxylic acids is 1. The molecule has 1 rings (SSSR count). The van der Waals surface area contributed by atoms with Gasteiger partial charge in [-0.25, -0.2) is 0 Å². The molecule has 3 nitrogen and oxygen atoms in total. The van der Waals surface area contributed by atoms with Gasteiger partial charge in [0.2, 0.25) is 0 Å². The molecule has 1 aliphatic carbocycles. The van der Waals surface area contributed by atoms with Gasteiger partial charge in [0, 0.05) is 0 Å². The highest BCUT2D eigenvalue weighted by Crippen LogP contribution is 2.33. The first-order valence-electron chi connectivity index (χ1n) is 5.37. The number of hydrogen-bond donors (Lipinski definition) is 1. The van der Waals surface area contributed by atoms with Gasteiger partial charge in [0.1, 0.15) is 0 Å². The Balaban J connectivity index is 2.48. The number of esters is 1. The largest absolute Gasteiger partial charge is 0.469 e. The third kappa shape index (κ3) is 2.71. The van der Waals surface area contributed by atoms with Gasteiger partial charge in [0.25, 0.3) is 0 Å². The SMILES string of the molecule is COC(=O)C(CO)C1CCC(C)CC1. The second-order valence-electron chi connectivity index (χ2n) is 4.33. The lowest BCUT2D eigenvalue weighted by atomic mass is 9.76. The summed E-state index contributed by atoms with van der Waals surface area (Å²) in [5.74, 6) is 0.534. The Morgan fingerprint density at radius 3 is 2.43 bits per heavy atom. The summed E-state index contributed by atoms with van der Waals surface area (Å²) in [4.78, 5) is 11.3. The van der Waals surface area contributed by atoms with E-state index in [4.69, 9.17) is 5.11 Å². The molecule has 3 heteroatoms. The third-order valence-corrected chi connectivity index (χ3v) is 3.33. The van der Waals surface area contributed by atoms with Crippen LogP contribution in [0.5, 0.6) is 0 Å². The van der Waals surface area contributed by atoms with Crippen LogP contribution in [0.25, 0.3) is 0 Å². The van der Waals surface area contributed by atoms with Crippen LogP contribution in [0.3, 0.4) is 0 Å². The topological polar surface area (TPSA) is 46.5 Å². The highest BCUT2D eigenvalue weighted by atomic mass is 16.5. The molecule has 0 aromatic rings. The zero-order chi connectivity index (χ0) is 10.6. The maximum absolute atomic E-state index is 11.3. The van der Waals surface area contributed by atoms with E-state index in [1.807, 2.05) is 0 Å². The van der Waals surface area contributed by atoms with Crippen molar-refractivity contribution in [2.24, 2.45) is 17.8 Å². The van der Waals surface area contributed by atoms with Crippen LogP contribution in [0.15, 0.2) is 0 Å². The molecule has 1 fully saturated rings. The fraction of sp³-hybridized carbons (Fsp3) is 0.909. The van der Waals surface area contributed by atoms with Crippen molar-refractivity contribution in [1.82, 2.24) is 0 Å². The Bertz CT molecular complexity index is 183. The minimum Gasteiger partial charge on any atom is -0.469 e. The zero-order valence-electron chi connectivity index (χ0n) is 9.03. The van der Waals surface area contributed by atoms with Gasteiger partial charge < -0.3 is 9.84 Å². The average molecular weight is 200 g/mol. The number of methoxy groups -OCH3 is 1. The molecule has 1 aliphatic rings. The Morgan fingerprint density at radius 1 is 1.43 bits per heavy atom. The molecule has 1 saturated carbocycles. The van der Waals surface area contributed by atoms with Crippen LogP contribution in [0.2, 0.25) is 0 Å². The molecular formula is C11H20O3. The van der Waals surface area contributed by atoms with Gasteiger partial charge in [-0.05, 0) is 24.7 Å². The van der Waals surface area contributed by atoms with Crippen LogP contribution in [0.4, 0.5) is 0 Å². The van der Waals surface area contributed by atoms with E-state index in [0.29, 0.717) is 5.92 Å². The minimum absolute atomic E-state index is 0.0777. The Labute approximate surface area is 85.5 Å². The van der Waals surface area contributed by atoms with Crippen molar-refractivity contribution >= 4 is 5.97 Å². The number of rotatable bonds is 3. The lowest BCUT2D eigenvalue weighted by Crippen LogP contribution is -2.30. The van der Waals surface area contributed by atoms with E-state index in [1.54, 1.807) is 0 Å². The molecule has 0 amide bonds. The number of aliphatic hydroxyl groups excluding tert-OH is 1. The summed E-state index contributed by atoms with van der Waals surface area (Å²) in [7, 11) is 1.39. The summed E-state index contributed by atoms with van der Waals surface area (Å²) in [6, 6.07) is 0. The first kappa shape index (κ1) is 11.5. The van der Waals surface area contributed by atoms with Gasteiger partial charge in [-0.3, -0.25) is 4.79 Å². The molecule has 1 atom stereocenters. The first-order chi connectivity index (χ1) is 6.69. The normalized spacial score (nSPS) is 29.6. The fourth-order valence-corrected chi connectivity index (χ4v) is 2.26. The molecule has 82 valence electrons. The summed E-state index contributed by atoms with van der Waals surface area (Å²) in [6.07, 6.45) is 4.42. The van der Waals surface area contributed by atoms with E-state index in [0.717, 1.165) is 31.6 Å². The van der Waals surface area contributed by atoms with E-state index in [1.165, 1.54) is 7.11 Å². The van der Waals surface area contributed by atoms with Crippen LogP contribution in [0.1, 0.15) is 32.6 Å². The van der Waals surface area contributed by atoms with Crippen molar-refractivity contribution in [3.8, 4) is 0 Å². The predicted octanol–water partition coefficient (Wildman–Crippen LogP) is 1.59. The molecule has 0 spiro atoms. The van der Waals surface area contributed by atoms with E-state index in [-0.39, 0.29) is 18.5 Å². The lowest BCUT2D eigenvalue weighted by Gasteiger charge is -2.30. The molecule has 0 radical (unpaired) electrons. The Kier molecular flexibility index (Phi) is 4.39. The summed E-state index contributed by atoms with van der Waals surface area (Å²) in [5.41, 5.74) is 0. The van der Waals surface area contributed by atoms with Crippen LogP contribution >= 0.6 is 0 Å². The average Bonchev–Trinajstić information content (AvgIpc) is 2.21. The van der Waals surface area contributed by atoms with Gasteiger partial charge in [-0.1, -0.05) is 19.8 Å². The number of carbonyl (C=O) groups is 1. The van der Waals surface area contributed by atoms with Gasteiger partial charge in [-0.15, -0.1) is 0 Å². The zero-order valence-corrected chi connectivity index (χ0v) is 9.03. The summed E-state index contributed by atoms with van der Waals surface area (Å²) >= 11 is 0. The number of hydrogen-bond acceptors (Lipinski definition) is 3. The molecule has 0 heterocycles. The smallest absolute Gasteiger partial charge is 0.311 e. The molecule has 0 aromatic heterocycles. The lowest BCUT2D eigenvalue weighted by molar-refractivity contribution is -0.149. The van der Waals surface area contributed by atoms with E-state index in [2.05, 4.69) is 11.7 Å². The summed E-state index contributed by atoms with van der Waals surface area (Å²) < 4.78 is 4.68. The van der Waals surface area contributed by atoms with Crippen LogP contribution in [-0.4, -0.2) is 24.8 Å². The van der Waals surface area contributed by atoms with E-state index < -0.39 is 0 Å². The minimum atomic E-state index is -0.299. The fourth-order valence-electron chi connectivity index (χ4n) is 2.26. The maximum atomic E-state index is 11.3. The van der Waals surface area contributed by atoms with Crippen molar-refractivity contribution in [2.75, 3.05) is 13.7 Å². The summed E-state index contributed by atoms with van der Waals surface area (Å²) in [5, 5.41) is 9.14. The van der Waals surface area contributed by atoms with Crippen molar-refractivity contribution in [3.63, 3.8) is 0 Å². The molecule has 0 saturated heterocycles. The Morgan fingerprint density at radius 2 is 2.00 bits per heavy atom. The van der Waals surface area contributed by atoms with Crippen molar-refractivity contribution in [2.45, 2.75) is 32.6 Å². The van der Waals surface area contributed by atoms with Gasteiger partial charge in [0.05, 0.1) is 19.6 Å².